The first-order chi connectivity index (χ1) is 17.8. The second-order valence-electron chi connectivity index (χ2n) is 9.87. The number of amides is 2. The zero-order valence-electron chi connectivity index (χ0n) is 20.5. The van der Waals surface area contributed by atoms with Gasteiger partial charge in [-0.3, -0.25) is 14.5 Å². The van der Waals surface area contributed by atoms with Gasteiger partial charge in [-0.15, -0.1) is 0 Å². The number of piperidine rings is 1. The number of hydrogen-bond acceptors (Lipinski definition) is 4. The highest BCUT2D eigenvalue weighted by Crippen LogP contribution is 2.44. The van der Waals surface area contributed by atoms with Gasteiger partial charge in [-0.25, -0.2) is 0 Å². The standard InChI is InChI=1S/C26H27F6N3O3/c1-17(18-9-20(25(27,28)29)11-21(10-18)26(30,31)32)38-15-24(19-5-3-2-4-6-19)8-7-23(13-33-16-36)14-35(24)12-22(37)34-23/h2-6,9-11,16-17H,7-8,12-15H2,1H3,(H,33,36)(H,34,37)/t17-,23+,24-/m1/s1. The van der Waals surface area contributed by atoms with E-state index in [4.69, 9.17) is 4.74 Å². The highest BCUT2D eigenvalue weighted by atomic mass is 19.4. The maximum absolute atomic E-state index is 13.4. The molecule has 38 heavy (non-hydrogen) atoms. The Kier molecular flexibility index (Phi) is 7.50. The summed E-state index contributed by atoms with van der Waals surface area (Å²) >= 11 is 0. The molecule has 0 radical (unpaired) electrons. The van der Waals surface area contributed by atoms with Crippen LogP contribution in [0.2, 0.25) is 0 Å². The van der Waals surface area contributed by atoms with E-state index in [1.165, 1.54) is 6.92 Å². The Morgan fingerprint density at radius 1 is 1.05 bits per heavy atom. The first-order valence-electron chi connectivity index (χ1n) is 12.0. The maximum Gasteiger partial charge on any atom is 0.416 e. The number of nitrogens with one attached hydrogen (secondary N) is 2. The van der Waals surface area contributed by atoms with Crippen molar-refractivity contribution in [3.8, 4) is 0 Å². The molecule has 206 valence electrons. The zero-order chi connectivity index (χ0) is 27.8. The predicted octanol–water partition coefficient (Wildman–Crippen LogP) is 4.41. The zero-order valence-corrected chi connectivity index (χ0v) is 20.5. The topological polar surface area (TPSA) is 70.7 Å². The van der Waals surface area contributed by atoms with Crippen molar-refractivity contribution < 1.29 is 40.7 Å². The van der Waals surface area contributed by atoms with Crippen LogP contribution in [0.5, 0.6) is 0 Å². The Morgan fingerprint density at radius 3 is 2.26 bits per heavy atom. The third-order valence-corrected chi connectivity index (χ3v) is 7.34. The number of benzene rings is 2. The monoisotopic (exact) mass is 543 g/mol. The molecule has 2 heterocycles. The van der Waals surface area contributed by atoms with Crippen molar-refractivity contribution in [1.82, 2.24) is 15.5 Å². The summed E-state index contributed by atoms with van der Waals surface area (Å²) < 4.78 is 86.3. The van der Waals surface area contributed by atoms with E-state index in [1.54, 1.807) is 0 Å². The molecule has 0 spiro atoms. The fraction of sp³-hybridized carbons (Fsp3) is 0.462. The second-order valence-corrected chi connectivity index (χ2v) is 9.87. The third kappa shape index (κ3) is 5.65. The molecule has 0 aromatic heterocycles. The lowest BCUT2D eigenvalue weighted by Crippen LogP contribution is -2.73. The van der Waals surface area contributed by atoms with Crippen molar-refractivity contribution in [2.75, 3.05) is 26.2 Å². The number of hydrogen-bond donors (Lipinski definition) is 2. The van der Waals surface area contributed by atoms with E-state index in [-0.39, 0.29) is 37.2 Å². The van der Waals surface area contributed by atoms with Crippen LogP contribution in [0.4, 0.5) is 26.3 Å². The van der Waals surface area contributed by atoms with Crippen molar-refractivity contribution in [2.45, 2.75) is 49.3 Å². The van der Waals surface area contributed by atoms with Gasteiger partial charge in [-0.05, 0) is 49.1 Å². The number of nitrogens with zero attached hydrogens (tertiary/aromatic N) is 1. The van der Waals surface area contributed by atoms with E-state index in [9.17, 15) is 35.9 Å². The van der Waals surface area contributed by atoms with Crippen LogP contribution in [-0.2, 0) is 32.2 Å². The summed E-state index contributed by atoms with van der Waals surface area (Å²) in [5.74, 6) is -0.260. The molecule has 2 fully saturated rings. The Morgan fingerprint density at radius 2 is 1.68 bits per heavy atom. The van der Waals surface area contributed by atoms with E-state index in [0.717, 1.165) is 5.56 Å². The smallest absolute Gasteiger partial charge is 0.372 e. The molecule has 4 rings (SSSR count). The number of rotatable bonds is 8. The van der Waals surface area contributed by atoms with Gasteiger partial charge in [0.2, 0.25) is 12.3 Å². The fourth-order valence-corrected chi connectivity index (χ4v) is 5.34. The highest BCUT2D eigenvalue weighted by Gasteiger charge is 2.53. The van der Waals surface area contributed by atoms with Crippen LogP contribution in [0.15, 0.2) is 48.5 Å². The second kappa shape index (κ2) is 10.2. The lowest BCUT2D eigenvalue weighted by atomic mass is 9.73. The number of alkyl halides is 6. The summed E-state index contributed by atoms with van der Waals surface area (Å²) in [5.41, 5.74) is -3.84. The number of piperazine rings is 1. The van der Waals surface area contributed by atoms with Gasteiger partial charge in [-0.1, -0.05) is 30.3 Å². The fourth-order valence-electron chi connectivity index (χ4n) is 5.34. The van der Waals surface area contributed by atoms with Gasteiger partial charge in [0.15, 0.2) is 0 Å². The molecule has 2 aliphatic rings. The molecule has 12 heteroatoms. The molecular formula is C26H27F6N3O3. The lowest BCUT2D eigenvalue weighted by molar-refractivity contribution is -0.144. The van der Waals surface area contributed by atoms with E-state index in [2.05, 4.69) is 10.6 Å². The molecule has 2 aliphatic heterocycles. The molecule has 0 saturated carbocycles. The summed E-state index contributed by atoms with van der Waals surface area (Å²) in [6, 6.07) is 10.5. The first-order valence-corrected chi connectivity index (χ1v) is 12.0. The van der Waals surface area contributed by atoms with Crippen LogP contribution >= 0.6 is 0 Å². The number of fused-ring (bicyclic) bond motifs is 2. The van der Waals surface area contributed by atoms with Gasteiger partial charge in [0, 0.05) is 13.1 Å². The Balaban J connectivity index is 1.66. The van der Waals surface area contributed by atoms with Crippen LogP contribution in [-0.4, -0.2) is 49.0 Å². The van der Waals surface area contributed by atoms with Crippen molar-refractivity contribution >= 4 is 12.3 Å². The number of carbonyl (C=O) groups excluding carboxylic acids is 2. The summed E-state index contributed by atoms with van der Waals surface area (Å²) in [4.78, 5) is 25.5. The molecule has 4 atom stereocenters. The van der Waals surface area contributed by atoms with Crippen LogP contribution in [0, 0.1) is 0 Å². The van der Waals surface area contributed by atoms with Crippen molar-refractivity contribution in [3.05, 3.63) is 70.8 Å². The molecule has 2 aromatic carbocycles. The van der Waals surface area contributed by atoms with Gasteiger partial charge in [0.1, 0.15) is 0 Å². The number of halogens is 6. The minimum atomic E-state index is -4.97. The van der Waals surface area contributed by atoms with Crippen LogP contribution in [0.25, 0.3) is 0 Å². The highest BCUT2D eigenvalue weighted by molar-refractivity contribution is 5.80. The number of carbonyl (C=O) groups is 2. The molecule has 0 aliphatic carbocycles. The predicted molar refractivity (Wildman–Crippen MR) is 125 cm³/mol. The summed E-state index contributed by atoms with van der Waals surface area (Å²) in [6.45, 7) is 1.91. The molecule has 2 amide bonds. The quantitative estimate of drug-likeness (QED) is 0.383. The van der Waals surface area contributed by atoms with Gasteiger partial charge < -0.3 is 15.4 Å². The molecule has 2 aromatic rings. The number of ether oxygens (including phenoxy) is 1. The Labute approximate surface area is 215 Å². The molecular weight excluding hydrogens is 516 g/mol. The maximum atomic E-state index is 13.4. The van der Waals surface area contributed by atoms with E-state index in [1.807, 2.05) is 35.2 Å². The normalized spacial score (nSPS) is 26.4. The van der Waals surface area contributed by atoms with E-state index in [0.29, 0.717) is 37.9 Å². The molecule has 6 nitrogen and oxygen atoms in total. The third-order valence-electron chi connectivity index (χ3n) is 7.34. The first kappa shape index (κ1) is 27.9. The van der Waals surface area contributed by atoms with Crippen molar-refractivity contribution in [1.29, 1.82) is 0 Å². The van der Waals surface area contributed by atoms with Gasteiger partial charge in [0.05, 0.1) is 41.5 Å². The summed E-state index contributed by atoms with van der Waals surface area (Å²) in [6.07, 6.45) is -9.57. The summed E-state index contributed by atoms with van der Waals surface area (Å²) in [7, 11) is 0. The Hall–Kier alpha value is -3.12. The molecule has 2 N–H and O–H groups in total. The van der Waals surface area contributed by atoms with Crippen LogP contribution in [0.3, 0.4) is 0 Å². The van der Waals surface area contributed by atoms with Gasteiger partial charge in [0.25, 0.3) is 0 Å². The minimum absolute atomic E-state index is 0.0112. The molecule has 2 bridgehead atoms. The van der Waals surface area contributed by atoms with Crippen LogP contribution in [0.1, 0.15) is 48.1 Å². The van der Waals surface area contributed by atoms with Crippen molar-refractivity contribution in [3.63, 3.8) is 0 Å². The lowest BCUT2D eigenvalue weighted by Gasteiger charge is -2.57. The molecule has 1 unspecified atom stereocenters. The average molecular weight is 544 g/mol. The average Bonchev–Trinajstić information content (AvgIpc) is 2.86. The Bertz CT molecular complexity index is 1140. The summed E-state index contributed by atoms with van der Waals surface area (Å²) in [5, 5.41) is 5.58. The van der Waals surface area contributed by atoms with Crippen LogP contribution < -0.4 is 10.6 Å². The molecule has 2 saturated heterocycles. The van der Waals surface area contributed by atoms with Crippen molar-refractivity contribution in [2.24, 2.45) is 0 Å². The largest absolute Gasteiger partial charge is 0.416 e. The van der Waals surface area contributed by atoms with Gasteiger partial charge in [-0.2, -0.15) is 26.3 Å². The van der Waals surface area contributed by atoms with Gasteiger partial charge >= 0.3 is 12.4 Å². The van der Waals surface area contributed by atoms with E-state index >= 15 is 0 Å². The SMILES string of the molecule is C[C@@H](OC[C@@]1(c2ccccc2)CC[C@]2(CNC=O)CN1CC(=O)N2)c1cc(C(F)(F)F)cc(C(F)(F)F)c1. The van der Waals surface area contributed by atoms with E-state index < -0.39 is 40.7 Å². The minimum Gasteiger partial charge on any atom is -0.372 e.